The predicted octanol–water partition coefficient (Wildman–Crippen LogP) is 4.72. The Kier molecular flexibility index (Phi) is 9.81. The Morgan fingerprint density at radius 2 is 1.48 bits per heavy atom. The Balaban J connectivity index is 1.41. The summed E-state index contributed by atoms with van der Waals surface area (Å²) in [6.45, 7) is 0.172. The molecule has 12 nitrogen and oxygen atoms in total. The lowest BCUT2D eigenvalue weighted by Gasteiger charge is -2.21. The minimum atomic E-state index is -3.25. The highest BCUT2D eigenvalue weighted by atomic mass is 32.2. The van der Waals surface area contributed by atoms with Gasteiger partial charge in [-0.15, -0.1) is 0 Å². The van der Waals surface area contributed by atoms with Crippen molar-refractivity contribution in [3.05, 3.63) is 103 Å². The van der Waals surface area contributed by atoms with Gasteiger partial charge in [-0.25, -0.2) is 22.7 Å². The lowest BCUT2D eigenvalue weighted by atomic mass is 10.2. The monoisotopic (exact) mass is 614 g/mol. The Morgan fingerprint density at radius 1 is 0.795 bits per heavy atom. The van der Waals surface area contributed by atoms with Crippen molar-refractivity contribution in [2.45, 2.75) is 6.61 Å². The maximum Gasteiger partial charge on any atom is 0.240 e. The summed E-state index contributed by atoms with van der Waals surface area (Å²) in [5, 5.41) is 5.92. The number of rotatable bonds is 13. The summed E-state index contributed by atoms with van der Waals surface area (Å²) in [5.41, 5.74) is 5.79. The van der Waals surface area contributed by atoms with Crippen molar-refractivity contribution in [1.29, 1.82) is 0 Å². The Labute approximate surface area is 255 Å². The van der Waals surface area contributed by atoms with E-state index in [1.807, 2.05) is 36.4 Å². The van der Waals surface area contributed by atoms with Gasteiger partial charge in [-0.1, -0.05) is 48.5 Å². The van der Waals surface area contributed by atoms with Crippen molar-refractivity contribution in [2.75, 3.05) is 35.7 Å². The fourth-order valence-electron chi connectivity index (χ4n) is 4.28. The van der Waals surface area contributed by atoms with E-state index in [9.17, 15) is 13.2 Å². The van der Waals surface area contributed by atoms with Crippen LogP contribution >= 0.6 is 0 Å². The third-order valence-corrected chi connectivity index (χ3v) is 7.07. The number of ether oxygens (including phenoxy) is 2. The average molecular weight is 615 g/mol. The molecule has 0 aliphatic carbocycles. The minimum Gasteiger partial charge on any atom is -0.497 e. The second-order valence-corrected chi connectivity index (χ2v) is 10.2. The number of carbonyl (C=O) groups excluding carboxylic acids is 1. The zero-order chi connectivity index (χ0) is 30.9. The highest BCUT2D eigenvalue weighted by molar-refractivity contribution is 7.74. The van der Waals surface area contributed by atoms with E-state index in [2.05, 4.69) is 26.1 Å². The SMILES string of the molecule is COc1cc(Nc2nc3ccccc3nc2N(c2cccc(NC(=O)CNOCc3ccccc3)c2)[SH](=O)=O)cc(OC)c1. The quantitative estimate of drug-likeness (QED) is 0.0836. The number of nitrogens with zero attached hydrogens (tertiary/aromatic N) is 3. The van der Waals surface area contributed by atoms with Gasteiger partial charge < -0.3 is 20.1 Å². The Hall–Kier alpha value is -5.24. The molecule has 0 bridgehead atoms. The molecular weight excluding hydrogens is 584 g/mol. The summed E-state index contributed by atoms with van der Waals surface area (Å²) >= 11 is 0. The molecule has 4 aromatic carbocycles. The van der Waals surface area contributed by atoms with Crippen molar-refractivity contribution >= 4 is 56.5 Å². The zero-order valence-electron chi connectivity index (χ0n) is 23.9. The van der Waals surface area contributed by atoms with Crippen molar-refractivity contribution in [3.63, 3.8) is 0 Å². The number of thiol groups is 1. The number of anilines is 5. The van der Waals surface area contributed by atoms with Crippen LogP contribution in [0.25, 0.3) is 11.0 Å². The van der Waals surface area contributed by atoms with Crippen LogP contribution in [0.15, 0.2) is 97.1 Å². The van der Waals surface area contributed by atoms with Crippen LogP contribution in [0, 0.1) is 0 Å². The van der Waals surface area contributed by atoms with Gasteiger partial charge >= 0.3 is 0 Å². The molecule has 1 amide bonds. The van der Waals surface area contributed by atoms with E-state index in [1.54, 1.807) is 54.6 Å². The van der Waals surface area contributed by atoms with E-state index in [1.165, 1.54) is 20.3 Å². The van der Waals surface area contributed by atoms with Crippen LogP contribution in [0.5, 0.6) is 11.5 Å². The zero-order valence-corrected chi connectivity index (χ0v) is 24.8. The molecule has 0 aliphatic heterocycles. The van der Waals surface area contributed by atoms with Crippen LogP contribution in [0.1, 0.15) is 5.56 Å². The Morgan fingerprint density at radius 3 is 2.16 bits per heavy atom. The molecule has 5 rings (SSSR count). The molecule has 44 heavy (non-hydrogen) atoms. The first-order valence-electron chi connectivity index (χ1n) is 13.4. The van der Waals surface area contributed by atoms with E-state index in [0.717, 1.165) is 9.87 Å². The first-order chi connectivity index (χ1) is 21.4. The van der Waals surface area contributed by atoms with Crippen molar-refractivity contribution < 1.29 is 27.5 Å². The molecule has 0 saturated heterocycles. The van der Waals surface area contributed by atoms with Gasteiger partial charge in [-0.2, -0.15) is 5.48 Å². The van der Waals surface area contributed by atoms with Crippen LogP contribution in [0.2, 0.25) is 0 Å². The van der Waals surface area contributed by atoms with Crippen LogP contribution in [-0.4, -0.2) is 45.1 Å². The van der Waals surface area contributed by atoms with Gasteiger partial charge in [0.15, 0.2) is 11.6 Å². The molecule has 3 N–H and O–H groups in total. The number of hydrogen-bond acceptors (Lipinski definition) is 10. The standard InChI is InChI=1S/C31H30N6O6S/c1-41-25-16-23(17-26(18-25)42-2)34-30-31(36-28-14-7-6-13-27(28)35-30)37(44(39)40)24-12-8-11-22(15-24)33-29(38)19-32-43-20-21-9-4-3-5-10-21/h3-18,32,44H,19-20H2,1-2H3,(H,33,38)(H,34,35). The number of hydrogen-bond donors (Lipinski definition) is 4. The van der Waals surface area contributed by atoms with Crippen molar-refractivity contribution in [1.82, 2.24) is 15.4 Å². The summed E-state index contributed by atoms with van der Waals surface area (Å²) in [5.74, 6) is 0.871. The summed E-state index contributed by atoms with van der Waals surface area (Å²) in [4.78, 5) is 27.3. The first kappa shape index (κ1) is 30.2. The van der Waals surface area contributed by atoms with Gasteiger partial charge in [0.05, 0.1) is 37.5 Å². The van der Waals surface area contributed by atoms with Crippen LogP contribution in [0.3, 0.4) is 0 Å². The van der Waals surface area contributed by atoms with E-state index >= 15 is 0 Å². The maximum atomic E-state index is 12.8. The number of para-hydroxylation sites is 2. The molecule has 0 aliphatic rings. The highest BCUT2D eigenvalue weighted by Gasteiger charge is 2.21. The summed E-state index contributed by atoms with van der Waals surface area (Å²) in [6, 6.07) is 28.2. The Bertz CT molecular complexity index is 1810. The van der Waals surface area contributed by atoms with Gasteiger partial charge in [0.25, 0.3) is 0 Å². The lowest BCUT2D eigenvalue weighted by Crippen LogP contribution is -2.28. The normalized spacial score (nSPS) is 10.9. The van der Waals surface area contributed by atoms with E-state index in [-0.39, 0.29) is 29.8 Å². The second-order valence-electron chi connectivity index (χ2n) is 9.35. The molecule has 0 atom stereocenters. The molecule has 1 aromatic heterocycles. The summed E-state index contributed by atoms with van der Waals surface area (Å²) < 4.78 is 37.3. The molecule has 0 unspecified atom stereocenters. The fourth-order valence-corrected chi connectivity index (χ4v) is 4.89. The lowest BCUT2D eigenvalue weighted by molar-refractivity contribution is -0.118. The molecule has 5 aromatic rings. The number of hydroxylamine groups is 1. The van der Waals surface area contributed by atoms with E-state index < -0.39 is 10.9 Å². The summed E-state index contributed by atoms with van der Waals surface area (Å²) in [6.07, 6.45) is 0. The number of benzene rings is 4. The highest BCUT2D eigenvalue weighted by Crippen LogP contribution is 2.35. The molecule has 0 saturated carbocycles. The van der Waals surface area contributed by atoms with Gasteiger partial charge in [0.2, 0.25) is 16.8 Å². The minimum absolute atomic E-state index is 0.0288. The number of carbonyl (C=O) groups is 1. The number of aromatic nitrogens is 2. The number of nitrogens with one attached hydrogen (secondary N) is 3. The molecule has 13 heteroatoms. The van der Waals surface area contributed by atoms with Gasteiger partial charge in [0.1, 0.15) is 18.0 Å². The third kappa shape index (κ3) is 7.58. The molecule has 226 valence electrons. The van der Waals surface area contributed by atoms with Crippen molar-refractivity contribution in [3.8, 4) is 11.5 Å². The number of methoxy groups -OCH3 is 2. The van der Waals surface area contributed by atoms with E-state index in [4.69, 9.17) is 14.3 Å². The molecule has 0 fully saturated rings. The maximum absolute atomic E-state index is 12.8. The molecule has 0 spiro atoms. The number of fused-ring (bicyclic) bond motifs is 1. The molecule has 1 heterocycles. The average Bonchev–Trinajstić information content (AvgIpc) is 3.03. The predicted molar refractivity (Wildman–Crippen MR) is 169 cm³/mol. The summed E-state index contributed by atoms with van der Waals surface area (Å²) in [7, 11) is -0.190. The van der Waals surface area contributed by atoms with Gasteiger partial charge in [0, 0.05) is 29.6 Å². The van der Waals surface area contributed by atoms with Crippen LogP contribution in [-0.2, 0) is 27.1 Å². The smallest absolute Gasteiger partial charge is 0.240 e. The fraction of sp³-hybridized carbons (Fsp3) is 0.129. The topological polar surface area (TPSA) is 144 Å². The second kappa shape index (κ2) is 14.3. The molecule has 0 radical (unpaired) electrons. The van der Waals surface area contributed by atoms with Crippen LogP contribution in [0.4, 0.5) is 28.7 Å². The molecular formula is C31H30N6O6S. The van der Waals surface area contributed by atoms with Gasteiger partial charge in [-0.05, 0) is 35.9 Å². The first-order valence-corrected chi connectivity index (χ1v) is 14.6. The largest absolute Gasteiger partial charge is 0.497 e. The van der Waals surface area contributed by atoms with Crippen molar-refractivity contribution in [2.24, 2.45) is 0 Å². The van der Waals surface area contributed by atoms with Crippen LogP contribution < -0.4 is 29.9 Å². The van der Waals surface area contributed by atoms with Gasteiger partial charge in [-0.3, -0.25) is 9.63 Å². The third-order valence-electron chi connectivity index (χ3n) is 6.32. The number of amides is 1. The van der Waals surface area contributed by atoms with E-state index in [0.29, 0.717) is 40.5 Å².